The molecule has 1 aromatic rings. The van der Waals surface area contributed by atoms with Crippen molar-refractivity contribution in [3.05, 3.63) is 22.4 Å². The van der Waals surface area contributed by atoms with Crippen molar-refractivity contribution in [3.63, 3.8) is 0 Å². The van der Waals surface area contributed by atoms with Crippen molar-refractivity contribution in [3.8, 4) is 0 Å². The van der Waals surface area contributed by atoms with Crippen LogP contribution in [0.2, 0.25) is 0 Å². The SMILES string of the molecule is CCCC[N+](CCCC)(CCCC)CCCC.COC1(NC(=O)Cc2cccs2)CN(S(=O)(=O)[O-])C1=O. The third kappa shape index (κ3) is 10.6. The van der Waals surface area contributed by atoms with Gasteiger partial charge in [-0.3, -0.25) is 9.59 Å². The van der Waals surface area contributed by atoms with Crippen LogP contribution in [0, 0.1) is 0 Å². The maximum Gasteiger partial charge on any atom is 0.290 e. The van der Waals surface area contributed by atoms with E-state index >= 15 is 0 Å². The van der Waals surface area contributed by atoms with E-state index in [0.29, 0.717) is 0 Å². The summed E-state index contributed by atoms with van der Waals surface area (Å²) >= 11 is 1.37. The predicted molar refractivity (Wildman–Crippen MR) is 147 cm³/mol. The van der Waals surface area contributed by atoms with Gasteiger partial charge in [-0.2, -0.15) is 0 Å². The molecule has 2 rings (SSSR count). The van der Waals surface area contributed by atoms with Crippen molar-refractivity contribution in [2.24, 2.45) is 0 Å². The van der Waals surface area contributed by atoms with Crippen LogP contribution < -0.4 is 5.32 Å². The maximum absolute atomic E-state index is 11.8. The molecule has 0 spiro atoms. The van der Waals surface area contributed by atoms with Gasteiger partial charge in [0, 0.05) is 12.0 Å². The van der Waals surface area contributed by atoms with Gasteiger partial charge in [0.2, 0.25) is 11.6 Å². The Bertz CT molecular complexity index is 870. The van der Waals surface area contributed by atoms with E-state index in [1.807, 2.05) is 0 Å². The molecular weight excluding hydrogens is 514 g/mol. The standard InChI is InChI=1S/C16H36N.C10H12N2O6S2/c1-5-9-13-17(14-10-6-2,15-11-7-3)16-12-8-4;1-18-10(6-12(9(10)14)20(15,16)17)11-8(13)5-7-3-2-4-19-7/h5-16H2,1-4H3;2-4H,5-6H2,1H3,(H,11,13)(H,15,16,17)/q+1;/p-1. The molecule has 1 saturated heterocycles. The first-order valence-corrected chi connectivity index (χ1v) is 15.8. The van der Waals surface area contributed by atoms with Gasteiger partial charge in [0.05, 0.1) is 39.1 Å². The lowest BCUT2D eigenvalue weighted by molar-refractivity contribution is -0.929. The third-order valence-corrected chi connectivity index (χ3v) is 8.47. The summed E-state index contributed by atoms with van der Waals surface area (Å²) in [6, 6.07) is 3.53. The average Bonchev–Trinajstić information content (AvgIpc) is 3.37. The number of quaternary nitrogens is 1. The monoisotopic (exact) mass is 561 g/mol. The van der Waals surface area contributed by atoms with Crippen molar-refractivity contribution < 1.29 is 31.8 Å². The zero-order chi connectivity index (χ0) is 28.0. The summed E-state index contributed by atoms with van der Waals surface area (Å²) in [5, 5.41) is 4.12. The molecular formula is C26H47N3O6S2. The minimum atomic E-state index is -4.88. The normalized spacial score (nSPS) is 17.7. The lowest BCUT2D eigenvalue weighted by atomic mass is 10.1. The van der Waals surface area contributed by atoms with Gasteiger partial charge in [0.25, 0.3) is 5.91 Å². The molecule has 1 aromatic heterocycles. The van der Waals surface area contributed by atoms with Gasteiger partial charge in [0.1, 0.15) is 0 Å². The van der Waals surface area contributed by atoms with Crippen molar-refractivity contribution in [2.45, 2.75) is 91.2 Å². The molecule has 1 aliphatic heterocycles. The quantitative estimate of drug-likeness (QED) is 0.133. The number of amides is 2. The molecule has 0 aromatic carbocycles. The molecule has 1 aliphatic rings. The Balaban J connectivity index is 0.000000377. The molecule has 0 saturated carbocycles. The van der Waals surface area contributed by atoms with Gasteiger partial charge in [-0.1, -0.05) is 59.4 Å². The molecule has 2 heterocycles. The zero-order valence-electron chi connectivity index (χ0n) is 23.3. The molecule has 1 unspecified atom stereocenters. The first-order valence-electron chi connectivity index (χ1n) is 13.5. The van der Waals surface area contributed by atoms with Crippen LogP contribution in [0.4, 0.5) is 0 Å². The maximum atomic E-state index is 11.8. The summed E-state index contributed by atoms with van der Waals surface area (Å²) in [5.41, 5.74) is -1.77. The minimum Gasteiger partial charge on any atom is -0.731 e. The van der Waals surface area contributed by atoms with Gasteiger partial charge in [0.15, 0.2) is 10.3 Å². The first kappa shape index (κ1) is 33.5. The van der Waals surface area contributed by atoms with E-state index in [2.05, 4.69) is 33.0 Å². The number of methoxy groups -OCH3 is 1. The van der Waals surface area contributed by atoms with Crippen molar-refractivity contribution >= 4 is 33.5 Å². The van der Waals surface area contributed by atoms with Gasteiger partial charge >= 0.3 is 0 Å². The fourth-order valence-corrected chi connectivity index (χ4v) is 5.81. The summed E-state index contributed by atoms with van der Waals surface area (Å²) in [6.45, 7) is 14.5. The fourth-order valence-electron chi connectivity index (χ4n) is 4.41. The molecule has 2 amide bonds. The van der Waals surface area contributed by atoms with Crippen molar-refractivity contribution in [1.29, 1.82) is 0 Å². The van der Waals surface area contributed by atoms with Gasteiger partial charge in [-0.05, 0) is 37.1 Å². The number of hydrogen-bond donors (Lipinski definition) is 1. The van der Waals surface area contributed by atoms with Gasteiger partial charge < -0.3 is 19.1 Å². The lowest BCUT2D eigenvalue weighted by Crippen LogP contribution is -2.76. The highest BCUT2D eigenvalue weighted by Gasteiger charge is 2.56. The van der Waals surface area contributed by atoms with Gasteiger partial charge in [-0.15, -0.1) is 11.3 Å². The fraction of sp³-hybridized carbons (Fsp3) is 0.769. The molecule has 0 radical (unpaired) electrons. The number of unbranched alkanes of at least 4 members (excludes halogenated alkanes) is 4. The number of β-lactam (4-membered cyclic amide) rings is 1. The first-order chi connectivity index (χ1) is 17.5. The topological polar surface area (TPSA) is 116 Å². The number of rotatable bonds is 17. The average molecular weight is 562 g/mol. The molecule has 1 fully saturated rings. The molecule has 0 aliphatic carbocycles. The molecule has 214 valence electrons. The van der Waals surface area contributed by atoms with Gasteiger partial charge in [-0.25, -0.2) is 12.7 Å². The smallest absolute Gasteiger partial charge is 0.290 e. The number of ether oxygens (including phenoxy) is 1. The van der Waals surface area contributed by atoms with Crippen LogP contribution in [-0.2, 0) is 31.1 Å². The van der Waals surface area contributed by atoms with E-state index in [1.54, 1.807) is 17.5 Å². The second-order valence-corrected chi connectivity index (χ2v) is 12.1. The largest absolute Gasteiger partial charge is 0.731 e. The number of hydrogen-bond acceptors (Lipinski definition) is 7. The van der Waals surface area contributed by atoms with Crippen LogP contribution in [-0.4, -0.2) is 79.1 Å². The van der Waals surface area contributed by atoms with E-state index in [9.17, 15) is 22.6 Å². The molecule has 1 atom stereocenters. The Labute approximate surface area is 228 Å². The molecule has 37 heavy (non-hydrogen) atoms. The number of thiophene rings is 1. The summed E-state index contributed by atoms with van der Waals surface area (Å²) in [7, 11) is -3.73. The van der Waals surface area contributed by atoms with Crippen LogP contribution in [0.1, 0.15) is 83.9 Å². The van der Waals surface area contributed by atoms with Crippen LogP contribution in [0.25, 0.3) is 0 Å². The Hall–Kier alpha value is -1.53. The second-order valence-electron chi connectivity index (χ2n) is 9.76. The highest BCUT2D eigenvalue weighted by molar-refractivity contribution is 7.84. The number of nitrogens with one attached hydrogen (secondary N) is 1. The van der Waals surface area contributed by atoms with Crippen LogP contribution in [0.3, 0.4) is 0 Å². The summed E-state index contributed by atoms with van der Waals surface area (Å²) in [5.74, 6) is -1.58. The second kappa shape index (κ2) is 16.4. The summed E-state index contributed by atoms with van der Waals surface area (Å²) < 4.78 is 38.7. The number of carbonyl (C=O) groups is 2. The molecule has 9 nitrogen and oxygen atoms in total. The predicted octanol–water partition coefficient (Wildman–Crippen LogP) is 4.06. The van der Waals surface area contributed by atoms with E-state index in [4.69, 9.17) is 4.74 Å². The van der Waals surface area contributed by atoms with Crippen molar-refractivity contribution in [2.75, 3.05) is 39.8 Å². The Morgan fingerprint density at radius 2 is 1.54 bits per heavy atom. The molecule has 0 bridgehead atoms. The Morgan fingerprint density at radius 3 is 1.86 bits per heavy atom. The van der Waals surface area contributed by atoms with E-state index in [-0.39, 0.29) is 10.7 Å². The lowest BCUT2D eigenvalue weighted by Gasteiger charge is -2.47. The van der Waals surface area contributed by atoms with Crippen LogP contribution in [0.15, 0.2) is 17.5 Å². The van der Waals surface area contributed by atoms with Crippen LogP contribution >= 0.6 is 11.3 Å². The molecule has 1 N–H and O–H groups in total. The van der Waals surface area contributed by atoms with E-state index in [1.165, 1.54) is 93.4 Å². The minimum absolute atomic E-state index is 0.0418. The highest BCUT2D eigenvalue weighted by Crippen LogP contribution is 2.26. The number of nitrogens with zero attached hydrogens (tertiary/aromatic N) is 2. The summed E-state index contributed by atoms with van der Waals surface area (Å²) in [6.07, 6.45) is 11.1. The van der Waals surface area contributed by atoms with E-state index < -0.39 is 34.4 Å². The highest BCUT2D eigenvalue weighted by atomic mass is 32.2. The zero-order valence-corrected chi connectivity index (χ0v) is 24.9. The van der Waals surface area contributed by atoms with E-state index in [0.717, 1.165) is 12.0 Å². The Morgan fingerprint density at radius 1 is 1.05 bits per heavy atom. The van der Waals surface area contributed by atoms with Crippen LogP contribution in [0.5, 0.6) is 0 Å². The van der Waals surface area contributed by atoms with Crippen molar-refractivity contribution in [1.82, 2.24) is 9.62 Å². The summed E-state index contributed by atoms with van der Waals surface area (Å²) in [4.78, 5) is 24.3. The third-order valence-electron chi connectivity index (χ3n) is 6.76. The Kier molecular flexibility index (Phi) is 14.9. The number of carbonyl (C=O) groups excluding carboxylic acids is 2. The molecule has 11 heteroatoms.